The van der Waals surface area contributed by atoms with Gasteiger partial charge in [-0.2, -0.15) is 0 Å². The van der Waals surface area contributed by atoms with E-state index in [0.29, 0.717) is 13.0 Å². The van der Waals surface area contributed by atoms with E-state index in [4.69, 9.17) is 5.73 Å². The van der Waals surface area contributed by atoms with Crippen LogP contribution in [0.15, 0.2) is 12.7 Å². The smallest absolute Gasteiger partial charge is 0.289 e. The average molecular weight is 212 g/mol. The molecule has 3 N–H and O–H groups in total. The Morgan fingerprint density at radius 1 is 1.47 bits per heavy atom. The lowest BCUT2D eigenvalue weighted by Crippen LogP contribution is -2.42. The van der Waals surface area contributed by atoms with E-state index in [1.807, 2.05) is 0 Å². The lowest BCUT2D eigenvalue weighted by atomic mass is 10.1. The Kier molecular flexibility index (Phi) is 7.54. The van der Waals surface area contributed by atoms with Gasteiger partial charge in [-0.3, -0.25) is 9.59 Å². The third-order valence-electron chi connectivity index (χ3n) is 2.09. The molecule has 0 radical (unpaired) electrons. The minimum Gasteiger partial charge on any atom is -0.346 e. The van der Waals surface area contributed by atoms with Crippen molar-refractivity contribution in [1.29, 1.82) is 0 Å². The first-order chi connectivity index (χ1) is 7.13. The van der Waals surface area contributed by atoms with Crippen molar-refractivity contribution in [2.75, 3.05) is 6.54 Å². The van der Waals surface area contributed by atoms with Crippen molar-refractivity contribution in [3.63, 3.8) is 0 Å². The third kappa shape index (κ3) is 6.01. The molecule has 0 saturated carbocycles. The second-order valence-electron chi connectivity index (χ2n) is 3.47. The highest BCUT2D eigenvalue weighted by Crippen LogP contribution is 2.02. The van der Waals surface area contributed by atoms with Gasteiger partial charge in [-0.1, -0.05) is 32.3 Å². The van der Waals surface area contributed by atoms with Crippen molar-refractivity contribution in [2.45, 2.75) is 38.6 Å². The summed E-state index contributed by atoms with van der Waals surface area (Å²) in [4.78, 5) is 22.6. The number of carbonyl (C=O) groups is 2. The summed E-state index contributed by atoms with van der Waals surface area (Å²) in [6.07, 6.45) is 5.10. The molecule has 0 heterocycles. The van der Waals surface area contributed by atoms with Crippen molar-refractivity contribution in [3.8, 4) is 0 Å². The molecular weight excluding hydrogens is 192 g/mol. The Morgan fingerprint density at radius 2 is 2.13 bits per heavy atom. The van der Waals surface area contributed by atoms with Gasteiger partial charge in [-0.25, -0.2) is 0 Å². The number of carbonyl (C=O) groups excluding carboxylic acids is 2. The fourth-order valence-corrected chi connectivity index (χ4v) is 1.17. The van der Waals surface area contributed by atoms with Crippen LogP contribution in [0.4, 0.5) is 0 Å². The number of ketones is 1. The fraction of sp³-hybridized carbons (Fsp3) is 0.636. The summed E-state index contributed by atoms with van der Waals surface area (Å²) in [7, 11) is 0. The van der Waals surface area contributed by atoms with Crippen molar-refractivity contribution in [2.24, 2.45) is 5.73 Å². The molecule has 0 fully saturated rings. The van der Waals surface area contributed by atoms with Crippen LogP contribution in [0.3, 0.4) is 0 Å². The van der Waals surface area contributed by atoms with E-state index in [1.165, 1.54) is 6.08 Å². The minimum absolute atomic E-state index is 0.298. The normalized spacial score (nSPS) is 11.9. The zero-order valence-electron chi connectivity index (χ0n) is 9.29. The average Bonchev–Trinajstić information content (AvgIpc) is 2.24. The van der Waals surface area contributed by atoms with Gasteiger partial charge in [0.1, 0.15) is 0 Å². The van der Waals surface area contributed by atoms with Crippen LogP contribution in [-0.2, 0) is 9.59 Å². The maximum Gasteiger partial charge on any atom is 0.289 e. The monoisotopic (exact) mass is 212 g/mol. The van der Waals surface area contributed by atoms with Crippen LogP contribution >= 0.6 is 0 Å². The second kappa shape index (κ2) is 8.17. The van der Waals surface area contributed by atoms with Crippen molar-refractivity contribution in [3.05, 3.63) is 12.7 Å². The van der Waals surface area contributed by atoms with Crippen molar-refractivity contribution in [1.82, 2.24) is 5.32 Å². The zero-order valence-corrected chi connectivity index (χ0v) is 9.29. The molecule has 0 aliphatic rings. The Hall–Kier alpha value is -1.16. The van der Waals surface area contributed by atoms with E-state index in [-0.39, 0.29) is 0 Å². The molecule has 4 nitrogen and oxygen atoms in total. The molecule has 0 aliphatic heterocycles. The summed E-state index contributed by atoms with van der Waals surface area (Å²) in [5.41, 5.74) is 5.59. The molecule has 86 valence electrons. The first kappa shape index (κ1) is 13.8. The predicted octanol–water partition coefficient (Wildman–Crippen LogP) is 0.765. The summed E-state index contributed by atoms with van der Waals surface area (Å²) in [5.74, 6) is -1.15. The number of hydrogen-bond acceptors (Lipinski definition) is 3. The van der Waals surface area contributed by atoms with Crippen LogP contribution in [-0.4, -0.2) is 24.3 Å². The molecule has 0 aliphatic carbocycles. The van der Waals surface area contributed by atoms with Crippen LogP contribution in [0.25, 0.3) is 0 Å². The van der Waals surface area contributed by atoms with Crippen LogP contribution in [0, 0.1) is 0 Å². The van der Waals surface area contributed by atoms with E-state index in [0.717, 1.165) is 19.3 Å². The number of nitrogens with one attached hydrogen (secondary N) is 1. The molecule has 0 aromatic heterocycles. The Morgan fingerprint density at radius 3 is 2.67 bits per heavy atom. The number of nitrogens with two attached hydrogens (primary N) is 1. The molecule has 1 amide bonds. The number of amides is 1. The third-order valence-corrected chi connectivity index (χ3v) is 2.09. The maximum atomic E-state index is 11.4. The van der Waals surface area contributed by atoms with Crippen LogP contribution < -0.4 is 11.1 Å². The molecule has 0 aromatic rings. The molecular formula is C11H20N2O2. The topological polar surface area (TPSA) is 72.2 Å². The second-order valence-corrected chi connectivity index (χ2v) is 3.47. The van der Waals surface area contributed by atoms with Gasteiger partial charge in [0.05, 0.1) is 6.04 Å². The fourth-order valence-electron chi connectivity index (χ4n) is 1.17. The highest BCUT2D eigenvalue weighted by molar-refractivity contribution is 6.38. The van der Waals surface area contributed by atoms with Crippen LogP contribution in [0.2, 0.25) is 0 Å². The summed E-state index contributed by atoms with van der Waals surface area (Å²) >= 11 is 0. The Balaban J connectivity index is 3.85. The van der Waals surface area contributed by atoms with Gasteiger partial charge in [-0.05, 0) is 6.42 Å². The van der Waals surface area contributed by atoms with E-state index in [1.54, 1.807) is 0 Å². The number of unbranched alkanes of at least 4 members (excludes halogenated alkanes) is 2. The first-order valence-corrected chi connectivity index (χ1v) is 5.32. The van der Waals surface area contributed by atoms with E-state index < -0.39 is 17.7 Å². The van der Waals surface area contributed by atoms with Gasteiger partial charge < -0.3 is 11.1 Å². The molecule has 0 saturated heterocycles. The summed E-state index contributed by atoms with van der Waals surface area (Å²) in [6, 6.07) is -0.665. The van der Waals surface area contributed by atoms with Crippen LogP contribution in [0.5, 0.6) is 0 Å². The van der Waals surface area contributed by atoms with Crippen LogP contribution in [0.1, 0.15) is 32.6 Å². The highest BCUT2D eigenvalue weighted by atomic mass is 16.2. The standard InChI is InChI=1S/C11H20N2O2/c1-3-5-6-7-9(12)10(14)11(15)13-8-4-2/h4,9H,2-3,5-8,12H2,1H3,(H,13,15). The molecule has 4 heteroatoms. The lowest BCUT2D eigenvalue weighted by Gasteiger charge is -2.09. The van der Waals surface area contributed by atoms with Gasteiger partial charge in [0, 0.05) is 6.54 Å². The zero-order chi connectivity index (χ0) is 11.7. The number of hydrogen-bond donors (Lipinski definition) is 2. The molecule has 15 heavy (non-hydrogen) atoms. The van der Waals surface area contributed by atoms with Gasteiger partial charge >= 0.3 is 0 Å². The Bertz CT molecular complexity index is 227. The van der Waals surface area contributed by atoms with Crippen molar-refractivity contribution >= 4 is 11.7 Å². The van der Waals surface area contributed by atoms with E-state index in [9.17, 15) is 9.59 Å². The van der Waals surface area contributed by atoms with Gasteiger partial charge in [0.15, 0.2) is 0 Å². The lowest BCUT2D eigenvalue weighted by molar-refractivity contribution is -0.138. The summed E-state index contributed by atoms with van der Waals surface area (Å²) < 4.78 is 0. The number of rotatable bonds is 8. The molecule has 1 atom stereocenters. The van der Waals surface area contributed by atoms with Crippen molar-refractivity contribution < 1.29 is 9.59 Å². The summed E-state index contributed by atoms with van der Waals surface area (Å²) in [6.45, 7) is 5.81. The first-order valence-electron chi connectivity index (χ1n) is 5.32. The molecule has 0 aromatic carbocycles. The summed E-state index contributed by atoms with van der Waals surface area (Å²) in [5, 5.41) is 2.42. The Labute approximate surface area is 90.9 Å². The minimum atomic E-state index is -0.665. The van der Waals surface area contributed by atoms with Gasteiger partial charge in [0.2, 0.25) is 5.78 Å². The maximum absolute atomic E-state index is 11.4. The molecule has 0 bridgehead atoms. The quantitative estimate of drug-likeness (QED) is 0.354. The van der Waals surface area contributed by atoms with E-state index >= 15 is 0 Å². The highest BCUT2D eigenvalue weighted by Gasteiger charge is 2.20. The molecule has 1 unspecified atom stereocenters. The van der Waals surface area contributed by atoms with Gasteiger partial charge in [-0.15, -0.1) is 6.58 Å². The number of Topliss-reactive ketones (excluding diaryl/α,β-unsaturated/α-hetero) is 1. The largest absolute Gasteiger partial charge is 0.346 e. The predicted molar refractivity (Wildman–Crippen MR) is 60.3 cm³/mol. The van der Waals surface area contributed by atoms with E-state index in [2.05, 4.69) is 18.8 Å². The SMILES string of the molecule is C=CCNC(=O)C(=O)C(N)CCCCC. The van der Waals surface area contributed by atoms with Gasteiger partial charge in [0.25, 0.3) is 5.91 Å². The molecule has 0 spiro atoms. The molecule has 0 rings (SSSR count).